The minimum absolute atomic E-state index is 0.124. The maximum Gasteiger partial charge on any atom is 0.305 e. The second kappa shape index (κ2) is 49.4. The summed E-state index contributed by atoms with van der Waals surface area (Å²) in [4.78, 5) is 48.9. The van der Waals surface area contributed by atoms with E-state index in [9.17, 15) is 45.1 Å². The highest BCUT2D eigenvalue weighted by molar-refractivity contribution is 7.81. The number of hydrogen-bond donors (Lipinski definition) is 0. The summed E-state index contributed by atoms with van der Waals surface area (Å²) in [5, 5.41) is 0. The molecule has 0 fully saturated rings. The van der Waals surface area contributed by atoms with Gasteiger partial charge in [0.2, 0.25) is 20.8 Å². The van der Waals surface area contributed by atoms with Crippen molar-refractivity contribution in [2.45, 2.75) is 219 Å². The molecule has 0 bridgehead atoms. The predicted molar refractivity (Wildman–Crippen MR) is 280 cm³/mol. The third kappa shape index (κ3) is 63.7. The Kier molecular flexibility index (Phi) is 50.6. The summed E-state index contributed by atoms with van der Waals surface area (Å²) in [6.45, 7) is 8.43. The number of rotatable bonds is 47. The highest BCUT2D eigenvalue weighted by atomic mass is 32.3. The largest absolute Gasteiger partial charge is 0.726 e. The molecule has 430 valence electrons. The van der Waals surface area contributed by atoms with Crippen LogP contribution in [0, 0.1) is 0 Å². The smallest absolute Gasteiger partial charge is 0.305 e. The molecule has 0 aliphatic rings. The Labute approximate surface area is 438 Å². The average molecular weight is 1080 g/mol. The lowest BCUT2D eigenvalue weighted by atomic mass is 10.0. The average Bonchev–Trinajstić information content (AvgIpc) is 3.30. The topological polar surface area (TPSA) is 238 Å². The zero-order chi connectivity index (χ0) is 54.8. The lowest BCUT2D eigenvalue weighted by molar-refractivity contribution is -0.890. The van der Waals surface area contributed by atoms with Gasteiger partial charge in [0.05, 0.1) is 42.4 Å². The summed E-state index contributed by atoms with van der Waals surface area (Å²) in [5.41, 5.74) is 0. The highest BCUT2D eigenvalue weighted by Gasteiger charge is 2.19. The van der Waals surface area contributed by atoms with Crippen LogP contribution in [0.25, 0.3) is 0 Å². The molecule has 0 heterocycles. The first-order valence-electron chi connectivity index (χ1n) is 27.3. The van der Waals surface area contributed by atoms with Crippen LogP contribution >= 0.6 is 0 Å². The molecule has 0 aliphatic heterocycles. The van der Waals surface area contributed by atoms with Crippen LogP contribution in [-0.4, -0.2) is 154 Å². The van der Waals surface area contributed by atoms with Gasteiger partial charge in [0.15, 0.2) is 0 Å². The van der Waals surface area contributed by atoms with Crippen molar-refractivity contribution in [2.75, 3.05) is 95.0 Å². The van der Waals surface area contributed by atoms with Crippen LogP contribution in [0.5, 0.6) is 0 Å². The molecule has 0 aromatic heterocycles. The number of quaternary nitrogens is 2. The number of unbranched alkanes of at least 4 members (excludes halogenated alkanes) is 25. The van der Waals surface area contributed by atoms with Gasteiger partial charge in [0, 0.05) is 25.7 Å². The van der Waals surface area contributed by atoms with Crippen LogP contribution in [0.2, 0.25) is 0 Å². The molecule has 0 amide bonds. The minimum atomic E-state index is -4.41. The molecule has 0 spiro atoms. The van der Waals surface area contributed by atoms with Crippen molar-refractivity contribution in [3.63, 3.8) is 0 Å². The normalized spacial score (nSPS) is 11.8. The van der Waals surface area contributed by atoms with Gasteiger partial charge in [-0.2, -0.15) is 0 Å². The van der Waals surface area contributed by atoms with Crippen molar-refractivity contribution in [1.82, 2.24) is 0 Å². The molecular formula is C52H104N2O16S2. The molecule has 0 N–H and O–H groups in total. The van der Waals surface area contributed by atoms with E-state index >= 15 is 0 Å². The van der Waals surface area contributed by atoms with Gasteiger partial charge >= 0.3 is 23.9 Å². The van der Waals surface area contributed by atoms with Crippen molar-refractivity contribution in [1.29, 1.82) is 0 Å². The summed E-state index contributed by atoms with van der Waals surface area (Å²) >= 11 is 0. The van der Waals surface area contributed by atoms with Crippen LogP contribution in [0.4, 0.5) is 0 Å². The van der Waals surface area contributed by atoms with Crippen LogP contribution in [0.15, 0.2) is 0 Å². The Hall–Kier alpha value is -2.46. The number of carbonyl (C=O) groups excluding carboxylic acids is 4. The van der Waals surface area contributed by atoms with Crippen LogP contribution in [0.1, 0.15) is 219 Å². The summed E-state index contributed by atoms with van der Waals surface area (Å²) in [5.74, 6) is -0.782. The molecule has 0 saturated carbocycles. The maximum absolute atomic E-state index is 12.3. The van der Waals surface area contributed by atoms with E-state index < -0.39 is 20.8 Å². The van der Waals surface area contributed by atoms with Gasteiger partial charge in [0.25, 0.3) is 0 Å². The third-order valence-corrected chi connectivity index (χ3v) is 13.0. The first-order chi connectivity index (χ1) is 34.0. The Morgan fingerprint density at radius 3 is 0.653 bits per heavy atom. The summed E-state index contributed by atoms with van der Waals surface area (Å²) in [6, 6.07) is 0. The maximum atomic E-state index is 12.3. The summed E-state index contributed by atoms with van der Waals surface area (Å²) in [7, 11) is 0.944. The van der Waals surface area contributed by atoms with Crippen molar-refractivity contribution in [3.8, 4) is 0 Å². The molecule has 0 rings (SSSR count). The number of ether oxygens (including phenoxy) is 4. The van der Waals surface area contributed by atoms with Gasteiger partial charge in [-0.3, -0.25) is 27.5 Å². The SMILES string of the molecule is CCCCCCCCCCCCCCCC(=O)OCC[N+](C)(C)CCOC(=O)CCCCC(=O)OCC[N+](C)(C)CCOC(=O)CCCCCCCCCCCCCCC.COS(=O)(=O)[O-].COS(=O)(=O)[O-]. The number of hydrogen-bond acceptors (Lipinski definition) is 16. The van der Waals surface area contributed by atoms with Crippen LogP contribution < -0.4 is 0 Å². The van der Waals surface area contributed by atoms with Crippen LogP contribution in [0.3, 0.4) is 0 Å². The van der Waals surface area contributed by atoms with Crippen molar-refractivity contribution < 1.29 is 81.4 Å². The van der Waals surface area contributed by atoms with E-state index in [1.54, 1.807) is 0 Å². The van der Waals surface area contributed by atoms with Crippen molar-refractivity contribution >= 4 is 44.7 Å². The van der Waals surface area contributed by atoms with E-state index in [4.69, 9.17) is 18.9 Å². The minimum Gasteiger partial charge on any atom is -0.726 e. The van der Waals surface area contributed by atoms with Gasteiger partial charge in [-0.05, 0) is 25.7 Å². The fraction of sp³-hybridized carbons (Fsp3) is 0.923. The standard InChI is InChI=1S/C50H98N2O8.2CH4O4S/c1-7-9-11-13-15-17-19-21-23-25-27-29-31-35-47(53)57-43-39-51(3,4)41-45-59-49(55)37-33-34-38-50(56)60-46-42-52(5,6)40-44-58-48(54)36-32-30-28-26-24-22-20-18-16-14-12-10-8-2;2*1-5-6(2,3)4/h7-46H2,1-6H3;2*1H3,(H,2,3,4)/q+2;;/p-2. The Bertz CT molecular complexity index is 1420. The summed E-state index contributed by atoms with van der Waals surface area (Å²) < 4.78 is 85.1. The molecule has 0 aromatic rings. The molecule has 18 nitrogen and oxygen atoms in total. The number of esters is 4. The van der Waals surface area contributed by atoms with Gasteiger partial charge in [-0.25, -0.2) is 16.8 Å². The lowest BCUT2D eigenvalue weighted by Gasteiger charge is -2.29. The first kappa shape index (κ1) is 73.8. The van der Waals surface area contributed by atoms with Crippen molar-refractivity contribution in [2.24, 2.45) is 0 Å². The van der Waals surface area contributed by atoms with E-state index in [1.165, 1.54) is 141 Å². The van der Waals surface area contributed by atoms with Gasteiger partial charge in [-0.15, -0.1) is 0 Å². The molecule has 0 aliphatic carbocycles. The Balaban J connectivity index is -0.00000350. The van der Waals surface area contributed by atoms with E-state index in [0.29, 0.717) is 87.3 Å². The number of carbonyl (C=O) groups is 4. The van der Waals surface area contributed by atoms with E-state index in [1.807, 2.05) is 28.2 Å². The molecule has 72 heavy (non-hydrogen) atoms. The zero-order valence-electron chi connectivity index (χ0n) is 46.5. The van der Waals surface area contributed by atoms with Gasteiger partial charge in [0.1, 0.15) is 52.6 Å². The molecular weight excluding hydrogens is 973 g/mol. The first-order valence-corrected chi connectivity index (χ1v) is 30.0. The van der Waals surface area contributed by atoms with E-state index in [0.717, 1.165) is 39.9 Å². The Morgan fingerprint density at radius 1 is 0.333 bits per heavy atom. The van der Waals surface area contributed by atoms with E-state index in [-0.39, 0.29) is 36.7 Å². The zero-order valence-corrected chi connectivity index (χ0v) is 48.2. The second-order valence-corrected chi connectivity index (χ2v) is 22.3. The summed E-state index contributed by atoms with van der Waals surface area (Å²) in [6.07, 6.45) is 36.0. The quantitative estimate of drug-likeness (QED) is 0.0138. The van der Waals surface area contributed by atoms with Crippen LogP contribution in [-0.2, 0) is 67.3 Å². The second-order valence-electron chi connectivity index (χ2n) is 20.0. The highest BCUT2D eigenvalue weighted by Crippen LogP contribution is 2.15. The lowest BCUT2D eigenvalue weighted by Crippen LogP contribution is -2.45. The third-order valence-electron chi connectivity index (χ3n) is 12.2. The van der Waals surface area contributed by atoms with E-state index in [2.05, 4.69) is 22.2 Å². The molecule has 0 aromatic carbocycles. The molecule has 0 atom stereocenters. The van der Waals surface area contributed by atoms with Gasteiger partial charge in [-0.1, -0.05) is 168 Å². The molecule has 0 radical (unpaired) electrons. The predicted octanol–water partition coefficient (Wildman–Crippen LogP) is 10.0. The molecule has 20 heteroatoms. The fourth-order valence-corrected chi connectivity index (χ4v) is 7.25. The number of likely N-dealkylation sites (N-methyl/N-ethyl adjacent to an activating group) is 2. The van der Waals surface area contributed by atoms with Gasteiger partial charge < -0.3 is 37.0 Å². The van der Waals surface area contributed by atoms with Crippen molar-refractivity contribution in [3.05, 3.63) is 0 Å². The Morgan fingerprint density at radius 2 is 0.486 bits per heavy atom. The molecule has 0 unspecified atom stereocenters. The fourth-order valence-electron chi connectivity index (χ4n) is 7.25. The number of nitrogens with zero attached hydrogens (tertiary/aromatic N) is 2. The molecule has 0 saturated heterocycles. The monoisotopic (exact) mass is 1080 g/mol.